The van der Waals surface area contributed by atoms with Crippen LogP contribution in [-0.2, 0) is 23.2 Å². The minimum atomic E-state index is -0.277. The van der Waals surface area contributed by atoms with Crippen molar-refractivity contribution in [2.24, 2.45) is 23.2 Å². The maximum absolute atomic E-state index is 2.73. The van der Waals surface area contributed by atoms with E-state index in [-0.39, 0.29) is 29.1 Å². The van der Waals surface area contributed by atoms with Crippen LogP contribution in [0.2, 0.25) is 0 Å². The van der Waals surface area contributed by atoms with Crippen molar-refractivity contribution in [2.75, 3.05) is 0 Å². The summed E-state index contributed by atoms with van der Waals surface area (Å²) in [5.74, 6) is 3.10. The molecule has 0 heterocycles. The third-order valence-electron chi connectivity index (χ3n) is 13.4. The van der Waals surface area contributed by atoms with E-state index in [2.05, 4.69) is 156 Å². The summed E-state index contributed by atoms with van der Waals surface area (Å²) in [6, 6.07) is 28.1. The van der Waals surface area contributed by atoms with E-state index in [0.717, 1.165) is 26.3 Å². The summed E-state index contributed by atoms with van der Waals surface area (Å²) in [6.45, 7) is 30.2. The molecule has 0 spiro atoms. The average molecular weight is 709 g/mol. The zero-order chi connectivity index (χ0) is 36.3. The fourth-order valence-corrected chi connectivity index (χ4v) is 16.6. The van der Waals surface area contributed by atoms with Crippen LogP contribution in [0.4, 0.5) is 0 Å². The zero-order valence-corrected chi connectivity index (χ0v) is 35.9. The maximum Gasteiger partial charge on any atom is 0.0149 e. The summed E-state index contributed by atoms with van der Waals surface area (Å²) in [6.07, 6.45) is 13.0. The largest absolute Gasteiger partial charge is 0.112 e. The van der Waals surface area contributed by atoms with Crippen molar-refractivity contribution in [1.29, 1.82) is 0 Å². The number of hydrogen-bond donors (Lipinski definition) is 0. The average Bonchev–Trinajstić information content (AvgIpc) is 3.01. The molecular formula is C48H70P2. The zero-order valence-electron chi connectivity index (χ0n) is 34.0. The van der Waals surface area contributed by atoms with Crippen molar-refractivity contribution in [3.05, 3.63) is 106 Å². The quantitative estimate of drug-likeness (QED) is 0.174. The first-order valence-electron chi connectivity index (χ1n) is 20.0. The van der Waals surface area contributed by atoms with Crippen LogP contribution >= 0.6 is 16.5 Å². The van der Waals surface area contributed by atoms with E-state index in [9.17, 15) is 0 Å². The summed E-state index contributed by atoms with van der Waals surface area (Å²) in [5, 5.41) is 0.933. The van der Waals surface area contributed by atoms with Gasteiger partial charge in [-0.1, -0.05) is 164 Å². The minimum Gasteiger partial charge on any atom is -0.112 e. The highest BCUT2D eigenvalue weighted by atomic mass is 31.1. The van der Waals surface area contributed by atoms with Gasteiger partial charge in [-0.05, 0) is 129 Å². The lowest BCUT2D eigenvalue weighted by Gasteiger charge is -2.58. The Balaban J connectivity index is 1.45. The molecule has 50 heavy (non-hydrogen) atoms. The Labute approximate surface area is 311 Å². The van der Waals surface area contributed by atoms with E-state index in [1.165, 1.54) is 60.3 Å². The molecule has 4 aliphatic rings. The number of benzene rings is 3. The topological polar surface area (TPSA) is 0 Å². The molecule has 4 fully saturated rings. The summed E-state index contributed by atoms with van der Waals surface area (Å²) < 4.78 is 0. The monoisotopic (exact) mass is 708 g/mol. The van der Waals surface area contributed by atoms with Gasteiger partial charge in [-0.15, -0.1) is 8.58 Å². The van der Waals surface area contributed by atoms with Crippen LogP contribution in [0.3, 0.4) is 0 Å². The van der Waals surface area contributed by atoms with Crippen molar-refractivity contribution in [1.82, 2.24) is 0 Å². The molecule has 1 atom stereocenters. The molecule has 0 N–H and O–H groups in total. The maximum atomic E-state index is 2.73. The lowest BCUT2D eigenvalue weighted by molar-refractivity contribution is -0.0609. The first-order valence-corrected chi connectivity index (χ1v) is 22.7. The molecule has 0 saturated heterocycles. The van der Waals surface area contributed by atoms with Crippen LogP contribution < -0.4 is 0 Å². The van der Waals surface area contributed by atoms with Gasteiger partial charge in [-0.2, -0.15) is 0 Å². The second-order valence-electron chi connectivity index (χ2n) is 20.9. The van der Waals surface area contributed by atoms with E-state index in [0.29, 0.717) is 10.6 Å². The SMILES string of the molecule is CC(C)(CC12CC3CC(CC(C3)C1)C2)PCc1cc(C(C)(C)c2ccccc2)c(C(C)(C)c2ccccc2)cc1CP(C(C)(C)C)C(C)(C)C. The van der Waals surface area contributed by atoms with Gasteiger partial charge in [-0.25, -0.2) is 0 Å². The molecule has 7 rings (SSSR count). The van der Waals surface area contributed by atoms with Crippen molar-refractivity contribution in [2.45, 2.75) is 167 Å². The van der Waals surface area contributed by atoms with Crippen LogP contribution in [0.1, 0.15) is 161 Å². The highest BCUT2D eigenvalue weighted by Crippen LogP contribution is 2.65. The summed E-state index contributed by atoms with van der Waals surface area (Å²) in [7, 11) is 0.666. The van der Waals surface area contributed by atoms with Crippen LogP contribution in [0.15, 0.2) is 72.8 Å². The van der Waals surface area contributed by atoms with E-state index >= 15 is 0 Å². The highest BCUT2D eigenvalue weighted by molar-refractivity contribution is 7.60. The Morgan fingerprint density at radius 3 is 1.38 bits per heavy atom. The molecule has 272 valence electrons. The third kappa shape index (κ3) is 8.04. The Morgan fingerprint density at radius 1 is 0.580 bits per heavy atom. The normalized spacial score (nSPS) is 24.5. The standard InChI is InChI=1S/C48H70P2/c1-43(2,3)50(44(4,5)6)32-38-27-42(47(11,12)40-21-17-14-18-22-40)41(46(9,10)39-19-15-13-16-20-39)26-37(38)31-49-45(7,8)33-48-28-34-23-35(29-48)25-36(24-34)30-48/h13-22,26-27,34-36,49H,23-25,28-33H2,1-12H3. The molecule has 0 aliphatic heterocycles. The van der Waals surface area contributed by atoms with Crippen LogP contribution in [0.5, 0.6) is 0 Å². The van der Waals surface area contributed by atoms with Gasteiger partial charge in [0.05, 0.1) is 0 Å². The van der Waals surface area contributed by atoms with Gasteiger partial charge in [0, 0.05) is 10.8 Å². The molecule has 3 aromatic rings. The summed E-state index contributed by atoms with van der Waals surface area (Å²) in [5.41, 5.74) is 9.47. The van der Waals surface area contributed by atoms with E-state index < -0.39 is 0 Å². The first-order chi connectivity index (χ1) is 23.2. The van der Waals surface area contributed by atoms with E-state index in [4.69, 9.17) is 0 Å². The van der Waals surface area contributed by atoms with Gasteiger partial charge in [-0.3, -0.25) is 0 Å². The molecule has 4 aliphatic carbocycles. The third-order valence-corrected chi connectivity index (χ3v) is 19.0. The fraction of sp³-hybridized carbons (Fsp3) is 0.625. The van der Waals surface area contributed by atoms with E-state index in [1.807, 2.05) is 0 Å². The number of rotatable bonds is 11. The molecule has 4 bridgehead atoms. The molecule has 4 saturated carbocycles. The predicted molar refractivity (Wildman–Crippen MR) is 225 cm³/mol. The first kappa shape index (κ1) is 38.3. The van der Waals surface area contributed by atoms with Crippen LogP contribution in [0, 0.1) is 23.2 Å². The second-order valence-corrected chi connectivity index (χ2v) is 26.8. The number of hydrogen-bond acceptors (Lipinski definition) is 0. The van der Waals surface area contributed by atoms with Crippen molar-refractivity contribution >= 4 is 16.5 Å². The Kier molecular flexibility index (Phi) is 10.5. The predicted octanol–water partition coefficient (Wildman–Crippen LogP) is 14.5. The lowest BCUT2D eigenvalue weighted by Crippen LogP contribution is -2.48. The molecule has 0 aromatic heterocycles. The highest BCUT2D eigenvalue weighted by Gasteiger charge is 2.52. The van der Waals surface area contributed by atoms with Crippen molar-refractivity contribution < 1.29 is 0 Å². The van der Waals surface area contributed by atoms with Gasteiger partial charge in [0.25, 0.3) is 0 Å². The fourth-order valence-electron chi connectivity index (χ4n) is 11.5. The molecule has 2 heteroatoms. The van der Waals surface area contributed by atoms with Gasteiger partial charge in [0.1, 0.15) is 0 Å². The smallest absolute Gasteiger partial charge is 0.0149 e. The van der Waals surface area contributed by atoms with Gasteiger partial charge in [0.15, 0.2) is 0 Å². The van der Waals surface area contributed by atoms with E-state index in [1.54, 1.807) is 30.4 Å². The Hall–Kier alpha value is -1.48. The van der Waals surface area contributed by atoms with Crippen LogP contribution in [-0.4, -0.2) is 15.5 Å². The molecule has 0 nitrogen and oxygen atoms in total. The second kappa shape index (κ2) is 13.7. The Bertz CT molecular complexity index is 1560. The minimum absolute atomic E-state index is 0.119. The van der Waals surface area contributed by atoms with Gasteiger partial charge >= 0.3 is 0 Å². The van der Waals surface area contributed by atoms with Gasteiger partial charge < -0.3 is 0 Å². The molecule has 3 aromatic carbocycles. The Morgan fingerprint density at radius 2 is 0.980 bits per heavy atom. The van der Waals surface area contributed by atoms with Gasteiger partial charge in [0.2, 0.25) is 0 Å². The lowest BCUT2D eigenvalue weighted by atomic mass is 9.48. The van der Waals surface area contributed by atoms with Crippen molar-refractivity contribution in [3.63, 3.8) is 0 Å². The van der Waals surface area contributed by atoms with Crippen molar-refractivity contribution in [3.8, 4) is 0 Å². The molecule has 0 amide bonds. The van der Waals surface area contributed by atoms with Crippen LogP contribution in [0.25, 0.3) is 0 Å². The molecule has 1 unspecified atom stereocenters. The molecular weight excluding hydrogens is 638 g/mol. The molecule has 0 radical (unpaired) electrons. The summed E-state index contributed by atoms with van der Waals surface area (Å²) >= 11 is 0. The summed E-state index contributed by atoms with van der Waals surface area (Å²) in [4.78, 5) is 0.